The van der Waals surface area contributed by atoms with Gasteiger partial charge in [-0.1, -0.05) is 18.2 Å². The van der Waals surface area contributed by atoms with Crippen LogP contribution in [0.1, 0.15) is 31.1 Å². The summed E-state index contributed by atoms with van der Waals surface area (Å²) in [6, 6.07) is 8.07. The van der Waals surface area contributed by atoms with E-state index in [0.29, 0.717) is 5.56 Å². The number of hydrogen-bond donors (Lipinski definition) is 1. The summed E-state index contributed by atoms with van der Waals surface area (Å²) < 4.78 is 18.4. The maximum Gasteiger partial charge on any atom is 0.407 e. The molecule has 7 heteroatoms. The Kier molecular flexibility index (Phi) is 5.77. The minimum Gasteiger partial charge on any atom is -0.444 e. The Morgan fingerprint density at radius 3 is 2.50 bits per heavy atom. The molecule has 1 heterocycles. The molecule has 2 atom stereocenters. The van der Waals surface area contributed by atoms with Crippen LogP contribution in [0.2, 0.25) is 0 Å². The third kappa shape index (κ3) is 5.19. The van der Waals surface area contributed by atoms with Gasteiger partial charge in [-0.3, -0.25) is 4.39 Å². The highest BCUT2D eigenvalue weighted by atomic mass is 19.1. The predicted octanol–water partition coefficient (Wildman–Crippen LogP) is 2.55. The smallest absolute Gasteiger partial charge is 0.407 e. The number of hydrogen-bond acceptors (Lipinski definition) is 5. The Hall–Kier alpha value is -2.15. The molecule has 1 saturated heterocycles. The number of alkyl carbamates (subject to hydrolysis) is 1. The molecule has 0 unspecified atom stereocenters. The molecular formula is C17H23FN2O4. The zero-order valence-corrected chi connectivity index (χ0v) is 14.1. The van der Waals surface area contributed by atoms with E-state index in [1.165, 1.54) is 5.06 Å². The second-order valence-electron chi connectivity index (χ2n) is 6.76. The van der Waals surface area contributed by atoms with Crippen molar-refractivity contribution in [3.63, 3.8) is 0 Å². The van der Waals surface area contributed by atoms with E-state index in [0.717, 1.165) is 0 Å². The first-order chi connectivity index (χ1) is 11.3. The molecular weight excluding hydrogens is 315 g/mol. The van der Waals surface area contributed by atoms with Crippen LogP contribution < -0.4 is 5.32 Å². The summed E-state index contributed by atoms with van der Waals surface area (Å²) in [5.74, 6) is -0.966. The van der Waals surface area contributed by atoms with E-state index < -0.39 is 36.3 Å². The molecule has 1 aliphatic rings. The lowest BCUT2D eigenvalue weighted by Gasteiger charge is -2.23. The minimum absolute atomic E-state index is 0.215. The van der Waals surface area contributed by atoms with Crippen molar-refractivity contribution in [3.05, 3.63) is 35.9 Å². The van der Waals surface area contributed by atoms with Crippen LogP contribution in [0.5, 0.6) is 0 Å². The number of alkyl halides is 1. The van der Waals surface area contributed by atoms with E-state index >= 15 is 0 Å². The summed E-state index contributed by atoms with van der Waals surface area (Å²) >= 11 is 0. The van der Waals surface area contributed by atoms with Gasteiger partial charge in [0.1, 0.15) is 5.60 Å². The molecule has 1 fully saturated rings. The third-order valence-electron chi connectivity index (χ3n) is 3.53. The van der Waals surface area contributed by atoms with Crippen LogP contribution in [0.4, 0.5) is 9.18 Å². The molecule has 0 spiro atoms. The monoisotopic (exact) mass is 338 g/mol. The highest BCUT2D eigenvalue weighted by Crippen LogP contribution is 2.20. The van der Waals surface area contributed by atoms with Gasteiger partial charge in [-0.2, -0.15) is 0 Å². The average Bonchev–Trinajstić information content (AvgIpc) is 2.87. The first kappa shape index (κ1) is 18.2. The van der Waals surface area contributed by atoms with Crippen molar-refractivity contribution in [2.45, 2.75) is 32.4 Å². The second-order valence-corrected chi connectivity index (χ2v) is 6.76. The van der Waals surface area contributed by atoms with E-state index in [4.69, 9.17) is 9.57 Å². The Bertz CT molecular complexity index is 574. The first-order valence-corrected chi connectivity index (χ1v) is 7.86. The summed E-state index contributed by atoms with van der Waals surface area (Å²) in [7, 11) is 0. The second kappa shape index (κ2) is 7.61. The molecule has 132 valence electrons. The van der Waals surface area contributed by atoms with Gasteiger partial charge >= 0.3 is 12.1 Å². The highest BCUT2D eigenvalue weighted by molar-refractivity contribution is 5.89. The third-order valence-corrected chi connectivity index (χ3v) is 3.53. The lowest BCUT2D eigenvalue weighted by Crippen LogP contribution is -2.43. The molecule has 0 radical (unpaired) electrons. The Morgan fingerprint density at radius 2 is 1.92 bits per heavy atom. The lowest BCUT2D eigenvalue weighted by atomic mass is 10.1. The Morgan fingerprint density at radius 1 is 1.25 bits per heavy atom. The van der Waals surface area contributed by atoms with E-state index in [1.54, 1.807) is 51.1 Å². The van der Waals surface area contributed by atoms with Gasteiger partial charge in [-0.25, -0.2) is 9.59 Å². The summed E-state index contributed by atoms with van der Waals surface area (Å²) in [6.45, 7) is 5.06. The number of amides is 1. The molecule has 1 aliphatic heterocycles. The molecule has 1 amide bonds. The maximum absolute atomic E-state index is 13.2. The Labute approximate surface area is 140 Å². The van der Waals surface area contributed by atoms with Gasteiger partial charge < -0.3 is 14.9 Å². The molecule has 0 bridgehead atoms. The fraction of sp³-hybridized carbons (Fsp3) is 0.529. The number of nitrogens with zero attached hydrogens (tertiary/aromatic N) is 1. The van der Waals surface area contributed by atoms with Crippen molar-refractivity contribution in [3.8, 4) is 0 Å². The van der Waals surface area contributed by atoms with Gasteiger partial charge in [0.25, 0.3) is 0 Å². The number of nitrogens with one attached hydrogen (secondary N) is 1. The first-order valence-electron chi connectivity index (χ1n) is 7.86. The summed E-state index contributed by atoms with van der Waals surface area (Å²) in [6.07, 6.45) is -0.609. The lowest BCUT2D eigenvalue weighted by molar-refractivity contribution is -0.0963. The van der Waals surface area contributed by atoms with Crippen molar-refractivity contribution in [2.24, 2.45) is 5.92 Å². The number of hydroxylamine groups is 2. The zero-order valence-electron chi connectivity index (χ0n) is 14.1. The SMILES string of the molecule is CC(C)(C)OC(=O)N[C@@H]1CN(OC(=O)c2ccccc2)C[C@@H]1CF. The van der Waals surface area contributed by atoms with Gasteiger partial charge in [0.05, 0.1) is 24.8 Å². The number of halogens is 1. The standard InChI is InChI=1S/C17H23FN2O4/c1-17(2,3)23-16(22)19-14-11-20(10-13(14)9-18)24-15(21)12-7-5-4-6-8-12/h4-8,13-14H,9-11H2,1-3H3,(H,19,22)/t13-,14+/m0/s1. The summed E-state index contributed by atoms with van der Waals surface area (Å²) in [4.78, 5) is 29.2. The number of carbonyl (C=O) groups is 2. The summed E-state index contributed by atoms with van der Waals surface area (Å²) in [5, 5.41) is 4.02. The molecule has 0 aromatic heterocycles. The average molecular weight is 338 g/mol. The van der Waals surface area contributed by atoms with Crippen LogP contribution in [-0.4, -0.2) is 48.5 Å². The fourth-order valence-electron chi connectivity index (χ4n) is 2.43. The van der Waals surface area contributed by atoms with E-state index in [2.05, 4.69) is 5.32 Å². The fourth-order valence-corrected chi connectivity index (χ4v) is 2.43. The van der Waals surface area contributed by atoms with Gasteiger partial charge in [0, 0.05) is 12.5 Å². The van der Waals surface area contributed by atoms with Crippen molar-refractivity contribution >= 4 is 12.1 Å². The zero-order chi connectivity index (χ0) is 17.7. The van der Waals surface area contributed by atoms with Crippen LogP contribution in [0.15, 0.2) is 30.3 Å². The molecule has 0 saturated carbocycles. The minimum atomic E-state index is -0.632. The topological polar surface area (TPSA) is 67.9 Å². The van der Waals surface area contributed by atoms with Gasteiger partial charge in [-0.05, 0) is 32.9 Å². The van der Waals surface area contributed by atoms with Crippen molar-refractivity contribution in [1.82, 2.24) is 10.4 Å². The molecule has 2 rings (SSSR count). The molecule has 1 aromatic rings. The van der Waals surface area contributed by atoms with Crippen LogP contribution in [-0.2, 0) is 9.57 Å². The largest absolute Gasteiger partial charge is 0.444 e. The quantitative estimate of drug-likeness (QED) is 0.914. The van der Waals surface area contributed by atoms with Gasteiger partial charge in [0.2, 0.25) is 0 Å². The van der Waals surface area contributed by atoms with E-state index in [-0.39, 0.29) is 13.1 Å². The highest BCUT2D eigenvalue weighted by Gasteiger charge is 2.37. The van der Waals surface area contributed by atoms with Gasteiger partial charge in [-0.15, -0.1) is 5.06 Å². The number of ether oxygens (including phenoxy) is 1. The van der Waals surface area contributed by atoms with Crippen LogP contribution >= 0.6 is 0 Å². The molecule has 24 heavy (non-hydrogen) atoms. The van der Waals surface area contributed by atoms with E-state index in [1.807, 2.05) is 0 Å². The van der Waals surface area contributed by atoms with E-state index in [9.17, 15) is 14.0 Å². The number of benzene rings is 1. The van der Waals surface area contributed by atoms with Crippen LogP contribution in [0.3, 0.4) is 0 Å². The summed E-state index contributed by atoms with van der Waals surface area (Å²) in [5.41, 5.74) is -0.217. The maximum atomic E-state index is 13.2. The van der Waals surface area contributed by atoms with Crippen molar-refractivity contribution in [2.75, 3.05) is 19.8 Å². The Balaban J connectivity index is 1.91. The molecule has 1 aromatic carbocycles. The normalized spacial score (nSPS) is 21.3. The molecule has 0 aliphatic carbocycles. The van der Waals surface area contributed by atoms with Crippen molar-refractivity contribution < 1.29 is 23.6 Å². The molecule has 6 nitrogen and oxygen atoms in total. The van der Waals surface area contributed by atoms with Crippen LogP contribution in [0, 0.1) is 5.92 Å². The van der Waals surface area contributed by atoms with Crippen LogP contribution in [0.25, 0.3) is 0 Å². The van der Waals surface area contributed by atoms with Gasteiger partial charge in [0.15, 0.2) is 0 Å². The molecule has 1 N–H and O–H groups in total. The number of carbonyl (C=O) groups excluding carboxylic acids is 2. The predicted molar refractivity (Wildman–Crippen MR) is 86.1 cm³/mol. The van der Waals surface area contributed by atoms with Crippen molar-refractivity contribution in [1.29, 1.82) is 0 Å². The number of rotatable bonds is 4.